The molecule has 0 bridgehead atoms. The topological polar surface area (TPSA) is 42.1 Å². The zero-order valence-corrected chi connectivity index (χ0v) is 37.9. The maximum atomic E-state index is 5.07. The van der Waals surface area contributed by atoms with Gasteiger partial charge in [0.05, 0.1) is 33.1 Å². The lowest BCUT2D eigenvalue weighted by molar-refractivity contribution is 1.18. The van der Waals surface area contributed by atoms with Gasteiger partial charge in [-0.15, -0.1) is 0 Å². The van der Waals surface area contributed by atoms with Crippen molar-refractivity contribution in [3.05, 3.63) is 255 Å². The predicted octanol–water partition coefficient (Wildman–Crippen LogP) is 17.1. The van der Waals surface area contributed by atoms with Crippen LogP contribution >= 0.6 is 0 Å². The Balaban J connectivity index is 0.920. The first-order valence-electron chi connectivity index (χ1n) is 23.7. The van der Waals surface area contributed by atoms with Crippen LogP contribution in [0.2, 0.25) is 0 Å². The van der Waals surface area contributed by atoms with Crippen LogP contribution in [0.15, 0.2) is 255 Å². The fourth-order valence-electron chi connectivity index (χ4n) is 10.9. The third kappa shape index (κ3) is 6.27. The average molecular weight is 895 g/mol. The van der Waals surface area contributed by atoms with Gasteiger partial charge in [0, 0.05) is 90.2 Å². The second-order valence-electron chi connectivity index (χ2n) is 17.8. The number of aromatic nitrogens is 4. The highest BCUT2D eigenvalue weighted by Crippen LogP contribution is 2.43. The van der Waals surface area contributed by atoms with Crippen LogP contribution in [0.1, 0.15) is 0 Å². The Labute approximate surface area is 403 Å². The second kappa shape index (κ2) is 16.1. The zero-order chi connectivity index (χ0) is 46.1. The Morgan fingerprint density at radius 2 is 0.586 bits per heavy atom. The van der Waals surface area contributed by atoms with E-state index in [-0.39, 0.29) is 0 Å². The van der Waals surface area contributed by atoms with Gasteiger partial charge >= 0.3 is 0 Å². The molecule has 0 amide bonds. The van der Waals surface area contributed by atoms with Crippen molar-refractivity contribution in [2.24, 2.45) is 0 Å². The number of benzene rings is 11. The molecule has 11 aromatic carbocycles. The van der Waals surface area contributed by atoms with E-state index in [0.29, 0.717) is 0 Å². The summed E-state index contributed by atoms with van der Waals surface area (Å²) in [6.45, 7) is 0. The lowest BCUT2D eigenvalue weighted by atomic mass is 9.98. The Hall–Kier alpha value is -9.52. The molecule has 0 saturated carbocycles. The lowest BCUT2D eigenvalue weighted by Gasteiger charge is -2.25. The van der Waals surface area contributed by atoms with Crippen molar-refractivity contribution in [3.8, 4) is 11.4 Å². The van der Waals surface area contributed by atoms with Crippen molar-refractivity contribution in [1.82, 2.24) is 19.1 Å². The number of hydrogen-bond donors (Lipinski definition) is 0. The van der Waals surface area contributed by atoms with E-state index in [1.165, 1.54) is 21.5 Å². The van der Waals surface area contributed by atoms with Gasteiger partial charge < -0.3 is 18.9 Å². The number of hydrogen-bond acceptors (Lipinski definition) is 4. The van der Waals surface area contributed by atoms with Gasteiger partial charge in [0.2, 0.25) is 0 Å². The maximum absolute atomic E-state index is 5.07. The van der Waals surface area contributed by atoms with E-state index in [4.69, 9.17) is 9.97 Å². The molecule has 3 aromatic heterocycles. The molecule has 0 unspecified atom stereocenters. The standard InChI is InChI=1S/C64H42N6/c1-5-17-43(18-6-1)67(44-19-7-2-8-20-44)47-31-35-61-55(39-47)53-25-13-15-27-59(53)69(61)49-29-33-51-52-34-30-50(42-58(52)64-63(57(51)41-49)65-37-38-66-64)70-60-28-16-14-26-54(60)56-40-48(32-36-62(56)70)68(45-21-9-3-10-22-45)46-23-11-4-12-24-46/h1-42H. The van der Waals surface area contributed by atoms with Crippen LogP contribution in [0.3, 0.4) is 0 Å². The molecule has 3 heterocycles. The van der Waals surface area contributed by atoms with E-state index < -0.39 is 0 Å². The first kappa shape index (κ1) is 39.6. The van der Waals surface area contributed by atoms with Crippen LogP contribution < -0.4 is 9.80 Å². The molecule has 0 aliphatic rings. The van der Waals surface area contributed by atoms with Crippen molar-refractivity contribution in [3.63, 3.8) is 0 Å². The van der Waals surface area contributed by atoms with Gasteiger partial charge in [-0.25, -0.2) is 0 Å². The molecule has 0 aliphatic heterocycles. The van der Waals surface area contributed by atoms with Crippen LogP contribution in [-0.4, -0.2) is 19.1 Å². The summed E-state index contributed by atoms with van der Waals surface area (Å²) < 4.78 is 4.79. The first-order chi connectivity index (χ1) is 34.7. The summed E-state index contributed by atoms with van der Waals surface area (Å²) in [7, 11) is 0. The highest BCUT2D eigenvalue weighted by Gasteiger charge is 2.21. The van der Waals surface area contributed by atoms with Crippen molar-refractivity contribution < 1.29 is 0 Å². The van der Waals surface area contributed by atoms with E-state index in [2.05, 4.69) is 262 Å². The molecule has 70 heavy (non-hydrogen) atoms. The van der Waals surface area contributed by atoms with Crippen LogP contribution in [0.5, 0.6) is 0 Å². The number of anilines is 6. The summed E-state index contributed by atoms with van der Waals surface area (Å²) >= 11 is 0. The third-order valence-corrected chi connectivity index (χ3v) is 13.9. The van der Waals surface area contributed by atoms with E-state index in [0.717, 1.165) is 100 Å². The summed E-state index contributed by atoms with van der Waals surface area (Å²) in [6, 6.07) is 87.2. The second-order valence-corrected chi connectivity index (χ2v) is 17.8. The summed E-state index contributed by atoms with van der Waals surface area (Å²) in [5, 5.41) is 9.16. The maximum Gasteiger partial charge on any atom is 0.0972 e. The fourth-order valence-corrected chi connectivity index (χ4v) is 10.9. The molecule has 328 valence electrons. The van der Waals surface area contributed by atoms with E-state index in [1.54, 1.807) is 0 Å². The number of para-hydroxylation sites is 6. The molecule has 6 heteroatoms. The van der Waals surface area contributed by atoms with Gasteiger partial charge in [-0.05, 0) is 132 Å². The highest BCUT2D eigenvalue weighted by molar-refractivity contribution is 6.24. The Bertz CT molecular complexity index is 3920. The van der Waals surface area contributed by atoms with Crippen molar-refractivity contribution in [2.45, 2.75) is 0 Å². The summed E-state index contributed by atoms with van der Waals surface area (Å²) in [5.41, 5.74) is 15.1. The van der Waals surface area contributed by atoms with E-state index in [9.17, 15) is 0 Å². The highest BCUT2D eigenvalue weighted by atomic mass is 15.1. The smallest absolute Gasteiger partial charge is 0.0972 e. The van der Waals surface area contributed by atoms with Gasteiger partial charge in [0.25, 0.3) is 0 Å². The Kier molecular flexibility index (Phi) is 9.10. The molecule has 14 aromatic rings. The lowest BCUT2D eigenvalue weighted by Crippen LogP contribution is -2.09. The average Bonchev–Trinajstić information content (AvgIpc) is 3.94. The largest absolute Gasteiger partial charge is 0.310 e. The molecular weight excluding hydrogens is 853 g/mol. The Morgan fingerprint density at radius 3 is 0.971 bits per heavy atom. The minimum Gasteiger partial charge on any atom is -0.310 e. The molecule has 0 N–H and O–H groups in total. The molecule has 0 saturated heterocycles. The molecule has 0 fully saturated rings. The summed E-state index contributed by atoms with van der Waals surface area (Å²) in [6.07, 6.45) is 3.63. The van der Waals surface area contributed by atoms with Crippen molar-refractivity contribution in [2.75, 3.05) is 9.80 Å². The molecule has 0 radical (unpaired) electrons. The zero-order valence-electron chi connectivity index (χ0n) is 37.9. The van der Waals surface area contributed by atoms with Gasteiger partial charge in [0.15, 0.2) is 0 Å². The summed E-state index contributed by atoms with van der Waals surface area (Å²) in [5.74, 6) is 0. The predicted molar refractivity (Wildman–Crippen MR) is 293 cm³/mol. The van der Waals surface area contributed by atoms with Crippen molar-refractivity contribution >= 4 is 110 Å². The SMILES string of the molecule is c1ccc(N(c2ccccc2)c2ccc3c(c2)c2ccccc2n3-c2ccc3c4ccc(-n5c6ccccc6c6cc(N(c7ccccc7)c7ccccc7)ccc65)cc4c4nccnc4c3c2)cc1. The Morgan fingerprint density at radius 1 is 0.243 bits per heavy atom. The minimum absolute atomic E-state index is 0.877. The monoisotopic (exact) mass is 894 g/mol. The summed E-state index contributed by atoms with van der Waals surface area (Å²) in [4.78, 5) is 14.8. The third-order valence-electron chi connectivity index (χ3n) is 13.9. The number of nitrogens with zero attached hydrogens (tertiary/aromatic N) is 6. The molecule has 0 aliphatic carbocycles. The number of rotatable bonds is 8. The van der Waals surface area contributed by atoms with Crippen molar-refractivity contribution in [1.29, 1.82) is 0 Å². The van der Waals surface area contributed by atoms with Crippen LogP contribution in [0, 0.1) is 0 Å². The minimum atomic E-state index is 0.877. The van der Waals surface area contributed by atoms with Crippen LogP contribution in [0.25, 0.3) is 87.6 Å². The van der Waals surface area contributed by atoms with Gasteiger partial charge in [-0.1, -0.05) is 121 Å². The van der Waals surface area contributed by atoms with E-state index in [1.807, 2.05) is 12.4 Å². The van der Waals surface area contributed by atoms with E-state index >= 15 is 0 Å². The molecule has 0 atom stereocenters. The van der Waals surface area contributed by atoms with Gasteiger partial charge in [-0.3, -0.25) is 9.97 Å². The fraction of sp³-hybridized carbons (Fsp3) is 0. The van der Waals surface area contributed by atoms with Crippen LogP contribution in [-0.2, 0) is 0 Å². The normalized spacial score (nSPS) is 11.7. The molecule has 0 spiro atoms. The number of fused-ring (bicyclic) bond motifs is 12. The molecule has 6 nitrogen and oxygen atoms in total. The molecular formula is C64H42N6. The van der Waals surface area contributed by atoms with Gasteiger partial charge in [0.1, 0.15) is 0 Å². The molecule has 14 rings (SSSR count). The van der Waals surface area contributed by atoms with Crippen LogP contribution in [0.4, 0.5) is 34.1 Å². The first-order valence-corrected chi connectivity index (χ1v) is 23.7. The quantitative estimate of drug-likeness (QED) is 0.143. The van der Waals surface area contributed by atoms with Gasteiger partial charge in [-0.2, -0.15) is 0 Å².